The van der Waals surface area contributed by atoms with E-state index >= 15 is 0 Å². The second kappa shape index (κ2) is 6.73. The van der Waals surface area contributed by atoms with Crippen molar-refractivity contribution in [1.82, 2.24) is 9.97 Å². The smallest absolute Gasteiger partial charge is 0.161 e. The molecule has 2 atom stereocenters. The second-order valence-corrected chi connectivity index (χ2v) is 7.02. The summed E-state index contributed by atoms with van der Waals surface area (Å²) in [5.74, 6) is 1.72. The van der Waals surface area contributed by atoms with Crippen LogP contribution in [0.2, 0.25) is 0 Å². The molecule has 1 saturated heterocycles. The summed E-state index contributed by atoms with van der Waals surface area (Å²) in [5.41, 5.74) is 0.977. The molecule has 2 heterocycles. The number of nitrogens with zero attached hydrogens (tertiary/aromatic N) is 3. The normalized spacial score (nSPS) is 25.0. The van der Waals surface area contributed by atoms with Crippen molar-refractivity contribution in [2.75, 3.05) is 24.6 Å². The number of piperidine rings is 1. The van der Waals surface area contributed by atoms with Crippen LogP contribution >= 0.6 is 0 Å². The van der Waals surface area contributed by atoms with Gasteiger partial charge < -0.3 is 14.7 Å². The minimum atomic E-state index is -0.225. The highest BCUT2D eigenvalue weighted by Crippen LogP contribution is 2.51. The molecule has 2 aliphatic rings. The Labute approximate surface area is 148 Å². The molecule has 1 aromatic carbocycles. The average molecular weight is 339 g/mol. The van der Waals surface area contributed by atoms with Gasteiger partial charge in [-0.1, -0.05) is 30.3 Å². The third-order valence-electron chi connectivity index (χ3n) is 5.80. The van der Waals surface area contributed by atoms with Crippen molar-refractivity contribution in [3.63, 3.8) is 0 Å². The van der Waals surface area contributed by atoms with Crippen LogP contribution in [0.4, 0.5) is 5.82 Å². The fraction of sp³-hybridized carbons (Fsp3) is 0.500. The lowest BCUT2D eigenvalue weighted by Gasteiger charge is -2.56. The second-order valence-electron chi connectivity index (χ2n) is 7.02. The molecule has 1 N–H and O–H groups in total. The molecule has 5 nitrogen and oxygen atoms in total. The Morgan fingerprint density at radius 2 is 1.96 bits per heavy atom. The highest BCUT2D eigenvalue weighted by molar-refractivity contribution is 5.57. The highest BCUT2D eigenvalue weighted by atomic mass is 16.5. The Hall–Kier alpha value is -1.98. The third-order valence-corrected chi connectivity index (χ3v) is 5.80. The van der Waals surface area contributed by atoms with Crippen LogP contribution < -0.4 is 4.90 Å². The molecule has 1 spiro atoms. The maximum Gasteiger partial charge on any atom is 0.161 e. The average Bonchev–Trinajstić information content (AvgIpc) is 2.69. The molecule has 0 bridgehead atoms. The molecular weight excluding hydrogens is 314 g/mol. The quantitative estimate of drug-likeness (QED) is 0.928. The number of ether oxygens (including phenoxy) is 1. The van der Waals surface area contributed by atoms with Crippen LogP contribution in [-0.2, 0) is 4.74 Å². The summed E-state index contributed by atoms with van der Waals surface area (Å²) in [6.45, 7) is 4.53. The Bertz CT molecular complexity index is 712. The lowest BCUT2D eigenvalue weighted by Crippen LogP contribution is -2.62. The number of aliphatic hydroxyl groups excluding tert-OH is 1. The molecule has 2 unspecified atom stereocenters. The molecule has 1 saturated carbocycles. The van der Waals surface area contributed by atoms with Gasteiger partial charge in [0.25, 0.3) is 0 Å². The number of rotatable bonds is 4. The molecular formula is C20H25N3O2. The summed E-state index contributed by atoms with van der Waals surface area (Å²) in [6, 6.07) is 12.0. The van der Waals surface area contributed by atoms with Crippen molar-refractivity contribution in [2.24, 2.45) is 5.41 Å². The van der Waals surface area contributed by atoms with E-state index < -0.39 is 0 Å². The fourth-order valence-electron chi connectivity index (χ4n) is 4.22. The predicted octanol–water partition coefficient (Wildman–Crippen LogP) is 2.90. The van der Waals surface area contributed by atoms with Crippen LogP contribution in [0.3, 0.4) is 0 Å². The fourth-order valence-corrected chi connectivity index (χ4v) is 4.22. The minimum absolute atomic E-state index is 0.0538. The lowest BCUT2D eigenvalue weighted by molar-refractivity contribution is -0.199. The molecule has 1 aromatic heterocycles. The number of hydrogen-bond donors (Lipinski definition) is 1. The molecule has 1 aliphatic heterocycles. The van der Waals surface area contributed by atoms with Gasteiger partial charge in [-0.2, -0.15) is 0 Å². The van der Waals surface area contributed by atoms with E-state index in [0.29, 0.717) is 0 Å². The molecule has 4 rings (SSSR count). The standard InChI is InChI=1S/C20H25N3O2/c1-2-25-17-14-16(24)20(17)9-12-23(13-10-20)18-8-11-21-19(22-18)15-6-4-3-5-7-15/h3-8,11,16-17,24H,2,9-10,12-14H2,1H3. The van der Waals surface area contributed by atoms with E-state index in [-0.39, 0.29) is 17.6 Å². The number of hydrogen-bond acceptors (Lipinski definition) is 5. The number of benzene rings is 1. The molecule has 0 radical (unpaired) electrons. The van der Waals surface area contributed by atoms with Crippen molar-refractivity contribution < 1.29 is 9.84 Å². The van der Waals surface area contributed by atoms with Crippen LogP contribution in [-0.4, -0.2) is 47.0 Å². The first-order valence-corrected chi connectivity index (χ1v) is 9.16. The lowest BCUT2D eigenvalue weighted by atomic mass is 9.58. The van der Waals surface area contributed by atoms with Crippen LogP contribution in [0.15, 0.2) is 42.6 Å². The van der Waals surface area contributed by atoms with Gasteiger partial charge in [-0.25, -0.2) is 9.97 Å². The van der Waals surface area contributed by atoms with Gasteiger partial charge in [0.2, 0.25) is 0 Å². The van der Waals surface area contributed by atoms with Crippen molar-refractivity contribution in [3.05, 3.63) is 42.6 Å². The van der Waals surface area contributed by atoms with Gasteiger partial charge in [-0.3, -0.25) is 0 Å². The molecule has 25 heavy (non-hydrogen) atoms. The maximum atomic E-state index is 10.3. The van der Waals surface area contributed by atoms with Crippen LogP contribution in [0.1, 0.15) is 26.2 Å². The molecule has 5 heteroatoms. The van der Waals surface area contributed by atoms with Gasteiger partial charge in [0.05, 0.1) is 12.2 Å². The zero-order chi connectivity index (χ0) is 17.3. The van der Waals surface area contributed by atoms with E-state index in [1.165, 1.54) is 0 Å². The summed E-state index contributed by atoms with van der Waals surface area (Å²) < 4.78 is 5.86. The first kappa shape index (κ1) is 16.5. The highest BCUT2D eigenvalue weighted by Gasteiger charge is 2.56. The Balaban J connectivity index is 1.48. The van der Waals surface area contributed by atoms with Gasteiger partial charge in [0.15, 0.2) is 5.82 Å². The van der Waals surface area contributed by atoms with Gasteiger partial charge in [0, 0.05) is 43.3 Å². The van der Waals surface area contributed by atoms with E-state index in [9.17, 15) is 5.11 Å². The van der Waals surface area contributed by atoms with Crippen molar-refractivity contribution in [3.8, 4) is 11.4 Å². The molecule has 132 valence electrons. The summed E-state index contributed by atoms with van der Waals surface area (Å²) >= 11 is 0. The zero-order valence-corrected chi connectivity index (χ0v) is 14.6. The monoisotopic (exact) mass is 339 g/mol. The van der Waals surface area contributed by atoms with Crippen LogP contribution in [0.25, 0.3) is 11.4 Å². The first-order chi connectivity index (χ1) is 12.2. The third kappa shape index (κ3) is 2.92. The number of aliphatic hydroxyl groups is 1. The van der Waals surface area contributed by atoms with Crippen LogP contribution in [0, 0.1) is 5.41 Å². The first-order valence-electron chi connectivity index (χ1n) is 9.16. The molecule has 0 amide bonds. The van der Waals surface area contributed by atoms with Crippen LogP contribution in [0.5, 0.6) is 0 Å². The number of aromatic nitrogens is 2. The van der Waals surface area contributed by atoms with Gasteiger partial charge in [-0.05, 0) is 25.8 Å². The summed E-state index contributed by atoms with van der Waals surface area (Å²) in [4.78, 5) is 11.5. The van der Waals surface area contributed by atoms with Gasteiger partial charge in [0.1, 0.15) is 5.82 Å². The van der Waals surface area contributed by atoms with E-state index in [2.05, 4.69) is 9.88 Å². The minimum Gasteiger partial charge on any atom is -0.392 e. The summed E-state index contributed by atoms with van der Waals surface area (Å²) in [6.07, 6.45) is 4.49. The Morgan fingerprint density at radius 1 is 1.20 bits per heavy atom. The van der Waals surface area contributed by atoms with E-state index in [1.807, 2.05) is 49.5 Å². The Morgan fingerprint density at radius 3 is 2.64 bits per heavy atom. The van der Waals surface area contributed by atoms with E-state index in [4.69, 9.17) is 9.72 Å². The maximum absolute atomic E-state index is 10.3. The molecule has 2 aromatic rings. The summed E-state index contributed by atoms with van der Waals surface area (Å²) in [5, 5.41) is 10.3. The van der Waals surface area contributed by atoms with Gasteiger partial charge in [-0.15, -0.1) is 0 Å². The van der Waals surface area contributed by atoms with Gasteiger partial charge >= 0.3 is 0 Å². The largest absolute Gasteiger partial charge is 0.392 e. The van der Waals surface area contributed by atoms with E-state index in [1.54, 1.807) is 0 Å². The molecule has 1 aliphatic carbocycles. The topological polar surface area (TPSA) is 58.5 Å². The Kier molecular flexibility index (Phi) is 4.44. The van der Waals surface area contributed by atoms with E-state index in [0.717, 1.165) is 56.2 Å². The summed E-state index contributed by atoms with van der Waals surface area (Å²) in [7, 11) is 0. The number of anilines is 1. The molecule has 2 fully saturated rings. The predicted molar refractivity (Wildman–Crippen MR) is 97.4 cm³/mol. The van der Waals surface area contributed by atoms with Crippen molar-refractivity contribution in [2.45, 2.75) is 38.4 Å². The zero-order valence-electron chi connectivity index (χ0n) is 14.6. The van der Waals surface area contributed by atoms with Crippen molar-refractivity contribution >= 4 is 5.82 Å². The van der Waals surface area contributed by atoms with Crippen molar-refractivity contribution in [1.29, 1.82) is 0 Å². The SMILES string of the molecule is CCOC1CC(O)C12CCN(c1ccnc(-c3ccccc3)n1)CC2.